The van der Waals surface area contributed by atoms with E-state index < -0.39 is 15.6 Å². The molecular weight excluding hydrogens is 442 g/mol. The molecule has 1 heterocycles. The third-order valence-electron chi connectivity index (χ3n) is 5.11. The van der Waals surface area contributed by atoms with Crippen molar-refractivity contribution in [3.63, 3.8) is 0 Å². The van der Waals surface area contributed by atoms with E-state index in [1.54, 1.807) is 38.5 Å². The van der Waals surface area contributed by atoms with E-state index in [2.05, 4.69) is 5.10 Å². The zero-order valence-electron chi connectivity index (χ0n) is 19.5. The van der Waals surface area contributed by atoms with E-state index in [-0.39, 0.29) is 23.8 Å². The van der Waals surface area contributed by atoms with E-state index in [0.29, 0.717) is 17.8 Å². The second-order valence-electron chi connectivity index (χ2n) is 8.58. The molecule has 0 radical (unpaired) electrons. The van der Waals surface area contributed by atoms with Gasteiger partial charge in [-0.1, -0.05) is 24.3 Å². The topological polar surface area (TPSA) is 90.7 Å². The number of sulfonamides is 1. The molecular formula is C24H29N3O5S. The van der Waals surface area contributed by atoms with Gasteiger partial charge in [0.05, 0.1) is 19.8 Å². The minimum atomic E-state index is -4.02. The summed E-state index contributed by atoms with van der Waals surface area (Å²) in [5.74, 6) is 1.37. The number of aromatic nitrogens is 2. The SMILES string of the molecule is COc1ccc(CN(Cc2ccc(OC)cc2)S(=O)(=O)c2cc(C=O)n(C(C)(C)C)n2)cc1. The van der Waals surface area contributed by atoms with Crippen LogP contribution in [0.3, 0.4) is 0 Å². The third kappa shape index (κ3) is 5.61. The van der Waals surface area contributed by atoms with Crippen LogP contribution in [0.1, 0.15) is 42.4 Å². The maximum Gasteiger partial charge on any atom is 0.263 e. The molecule has 176 valence electrons. The highest BCUT2D eigenvalue weighted by Gasteiger charge is 2.31. The molecule has 0 unspecified atom stereocenters. The maximum absolute atomic E-state index is 13.7. The van der Waals surface area contributed by atoms with Crippen molar-refractivity contribution in [1.29, 1.82) is 0 Å². The molecule has 1 aromatic heterocycles. The highest BCUT2D eigenvalue weighted by Crippen LogP contribution is 2.25. The fraction of sp³-hybridized carbons (Fsp3) is 0.333. The normalized spacial score (nSPS) is 12.1. The molecule has 0 bridgehead atoms. The van der Waals surface area contributed by atoms with Crippen LogP contribution in [0, 0.1) is 0 Å². The van der Waals surface area contributed by atoms with Gasteiger partial charge in [0.2, 0.25) is 0 Å². The van der Waals surface area contributed by atoms with Crippen LogP contribution >= 0.6 is 0 Å². The number of nitrogens with zero attached hydrogens (tertiary/aromatic N) is 3. The highest BCUT2D eigenvalue weighted by atomic mass is 32.2. The van der Waals surface area contributed by atoms with Crippen molar-refractivity contribution in [2.24, 2.45) is 0 Å². The van der Waals surface area contributed by atoms with Crippen LogP contribution in [0.4, 0.5) is 0 Å². The molecule has 33 heavy (non-hydrogen) atoms. The average molecular weight is 472 g/mol. The van der Waals surface area contributed by atoms with Gasteiger partial charge in [-0.2, -0.15) is 9.40 Å². The maximum atomic E-state index is 13.7. The zero-order valence-corrected chi connectivity index (χ0v) is 20.3. The molecule has 8 nitrogen and oxygen atoms in total. The predicted molar refractivity (Wildman–Crippen MR) is 125 cm³/mol. The Morgan fingerprint density at radius 3 is 1.70 bits per heavy atom. The summed E-state index contributed by atoms with van der Waals surface area (Å²) < 4.78 is 40.5. The van der Waals surface area contributed by atoms with Gasteiger partial charge in [-0.05, 0) is 56.2 Å². The molecule has 9 heteroatoms. The van der Waals surface area contributed by atoms with Crippen LogP contribution in [0.5, 0.6) is 11.5 Å². The number of hydrogen-bond acceptors (Lipinski definition) is 6. The van der Waals surface area contributed by atoms with E-state index in [1.807, 2.05) is 45.0 Å². The second kappa shape index (κ2) is 9.76. The van der Waals surface area contributed by atoms with E-state index in [9.17, 15) is 13.2 Å². The summed E-state index contributed by atoms with van der Waals surface area (Å²) in [5.41, 5.74) is 1.23. The number of rotatable bonds is 9. The lowest BCUT2D eigenvalue weighted by atomic mass is 10.1. The summed E-state index contributed by atoms with van der Waals surface area (Å²) in [6.45, 7) is 5.82. The Hall–Kier alpha value is -3.17. The van der Waals surface area contributed by atoms with Gasteiger partial charge in [-0.15, -0.1) is 0 Å². The first-order valence-corrected chi connectivity index (χ1v) is 11.8. The van der Waals surface area contributed by atoms with Gasteiger partial charge < -0.3 is 9.47 Å². The Morgan fingerprint density at radius 2 is 1.36 bits per heavy atom. The summed E-state index contributed by atoms with van der Waals surface area (Å²) in [6.07, 6.45) is 0.620. The number of benzene rings is 2. The molecule has 0 fully saturated rings. The predicted octanol–water partition coefficient (Wildman–Crippen LogP) is 3.86. The highest BCUT2D eigenvalue weighted by molar-refractivity contribution is 7.89. The van der Waals surface area contributed by atoms with Crippen molar-refractivity contribution >= 4 is 16.3 Å². The van der Waals surface area contributed by atoms with Crippen LogP contribution < -0.4 is 9.47 Å². The number of methoxy groups -OCH3 is 2. The summed E-state index contributed by atoms with van der Waals surface area (Å²) in [4.78, 5) is 11.6. The standard InChI is InChI=1S/C24H29N3O5S/c1-24(2,3)27-20(17-28)14-23(25-27)33(29,30)26(15-18-6-10-21(31-4)11-7-18)16-19-8-12-22(32-5)13-9-19/h6-14,17H,15-16H2,1-5H3. The average Bonchev–Trinajstić information content (AvgIpc) is 3.26. The van der Waals surface area contributed by atoms with Gasteiger partial charge in [0.25, 0.3) is 10.0 Å². The Morgan fingerprint density at radius 1 is 0.909 bits per heavy atom. The number of carbonyl (C=O) groups excluding carboxylic acids is 1. The first-order chi connectivity index (χ1) is 15.6. The van der Waals surface area contributed by atoms with Crippen molar-refractivity contribution in [2.45, 2.75) is 44.4 Å². The van der Waals surface area contributed by atoms with E-state index in [0.717, 1.165) is 11.1 Å². The van der Waals surface area contributed by atoms with Crippen LogP contribution in [0.25, 0.3) is 0 Å². The number of ether oxygens (including phenoxy) is 2. The fourth-order valence-corrected chi connectivity index (χ4v) is 4.70. The van der Waals surface area contributed by atoms with E-state index in [1.165, 1.54) is 15.1 Å². The van der Waals surface area contributed by atoms with Crippen LogP contribution in [0.15, 0.2) is 59.6 Å². The molecule has 3 aromatic rings. The summed E-state index contributed by atoms with van der Waals surface area (Å²) in [6, 6.07) is 15.7. The molecule has 0 atom stereocenters. The fourth-order valence-electron chi connectivity index (χ4n) is 3.35. The summed E-state index contributed by atoms with van der Waals surface area (Å²) in [5, 5.41) is 4.13. The van der Waals surface area contributed by atoms with E-state index in [4.69, 9.17) is 9.47 Å². The molecule has 0 amide bonds. The van der Waals surface area contributed by atoms with Gasteiger partial charge in [0.1, 0.15) is 17.2 Å². The Kier molecular flexibility index (Phi) is 7.24. The van der Waals surface area contributed by atoms with Gasteiger partial charge in [-0.3, -0.25) is 9.48 Å². The van der Waals surface area contributed by atoms with Crippen molar-refractivity contribution in [2.75, 3.05) is 14.2 Å². The Bertz CT molecular complexity index is 1140. The minimum absolute atomic E-state index is 0.122. The first kappa shape index (κ1) is 24.5. The summed E-state index contributed by atoms with van der Waals surface area (Å²) >= 11 is 0. The molecule has 0 aliphatic heterocycles. The second-order valence-corrected chi connectivity index (χ2v) is 10.5. The lowest BCUT2D eigenvalue weighted by Gasteiger charge is -2.22. The van der Waals surface area contributed by atoms with Gasteiger partial charge in [0.15, 0.2) is 11.3 Å². The van der Waals surface area contributed by atoms with Crippen molar-refractivity contribution < 1.29 is 22.7 Å². The largest absolute Gasteiger partial charge is 0.497 e. The summed E-state index contributed by atoms with van der Waals surface area (Å²) in [7, 11) is -0.871. The van der Waals surface area contributed by atoms with Gasteiger partial charge >= 0.3 is 0 Å². The van der Waals surface area contributed by atoms with Crippen molar-refractivity contribution in [3.8, 4) is 11.5 Å². The Balaban J connectivity index is 2.02. The minimum Gasteiger partial charge on any atom is -0.497 e. The third-order valence-corrected chi connectivity index (χ3v) is 6.78. The van der Waals surface area contributed by atoms with Crippen molar-refractivity contribution in [3.05, 3.63) is 71.4 Å². The van der Waals surface area contributed by atoms with Gasteiger partial charge in [-0.25, -0.2) is 8.42 Å². The molecule has 0 saturated heterocycles. The molecule has 0 aliphatic rings. The molecule has 2 aromatic carbocycles. The van der Waals surface area contributed by atoms with Gasteiger partial charge in [0, 0.05) is 19.2 Å². The number of hydrogen-bond donors (Lipinski definition) is 0. The smallest absolute Gasteiger partial charge is 0.263 e. The molecule has 0 spiro atoms. The quantitative estimate of drug-likeness (QED) is 0.440. The van der Waals surface area contributed by atoms with Crippen molar-refractivity contribution in [1.82, 2.24) is 14.1 Å². The lowest BCUT2D eigenvalue weighted by molar-refractivity contribution is 0.110. The molecule has 0 N–H and O–H groups in total. The van der Waals surface area contributed by atoms with Crippen LogP contribution in [-0.4, -0.2) is 43.0 Å². The zero-order chi connectivity index (χ0) is 24.2. The number of carbonyl (C=O) groups is 1. The van der Waals surface area contributed by atoms with E-state index >= 15 is 0 Å². The molecule has 3 rings (SSSR count). The lowest BCUT2D eigenvalue weighted by Crippen LogP contribution is -2.31. The molecule has 0 aliphatic carbocycles. The van der Waals surface area contributed by atoms with Crippen LogP contribution in [0.2, 0.25) is 0 Å². The monoisotopic (exact) mass is 471 g/mol. The first-order valence-electron chi connectivity index (χ1n) is 10.4. The number of aldehydes is 1. The Labute approximate surface area is 194 Å². The molecule has 0 saturated carbocycles. The van der Waals surface area contributed by atoms with Crippen LogP contribution in [-0.2, 0) is 28.7 Å².